The summed E-state index contributed by atoms with van der Waals surface area (Å²) >= 11 is 0. The van der Waals surface area contributed by atoms with E-state index in [4.69, 9.17) is 5.26 Å². The van der Waals surface area contributed by atoms with E-state index in [9.17, 15) is 26.3 Å². The molecule has 2 rings (SSSR count). The van der Waals surface area contributed by atoms with Gasteiger partial charge in [0.2, 0.25) is 0 Å². The predicted molar refractivity (Wildman–Crippen MR) is 69.0 cm³/mol. The molecule has 0 amide bonds. The molecule has 0 aliphatic carbocycles. The van der Waals surface area contributed by atoms with E-state index in [1.165, 1.54) is 6.07 Å². The van der Waals surface area contributed by atoms with E-state index in [1.54, 1.807) is 6.07 Å². The van der Waals surface area contributed by atoms with E-state index in [2.05, 4.69) is 4.98 Å². The maximum absolute atomic E-state index is 13.0. The molecule has 0 aliphatic rings. The zero-order valence-electron chi connectivity index (χ0n) is 11.3. The van der Waals surface area contributed by atoms with Gasteiger partial charge in [-0.15, -0.1) is 0 Å². The lowest BCUT2D eigenvalue weighted by Crippen LogP contribution is -2.12. The molecule has 0 N–H and O–H groups in total. The van der Waals surface area contributed by atoms with Crippen LogP contribution in [-0.2, 0) is 18.8 Å². The second kappa shape index (κ2) is 5.91. The van der Waals surface area contributed by atoms with Gasteiger partial charge in [0.25, 0.3) is 0 Å². The van der Waals surface area contributed by atoms with Crippen molar-refractivity contribution in [2.75, 3.05) is 0 Å². The van der Waals surface area contributed by atoms with E-state index in [-0.39, 0.29) is 16.8 Å². The smallest absolute Gasteiger partial charge is 0.243 e. The second-order valence-electron chi connectivity index (χ2n) is 4.61. The van der Waals surface area contributed by atoms with Crippen LogP contribution in [0.4, 0.5) is 26.3 Å². The third-order valence-electron chi connectivity index (χ3n) is 3.02. The number of alkyl halides is 6. The van der Waals surface area contributed by atoms with Crippen LogP contribution in [-0.4, -0.2) is 4.98 Å². The first-order chi connectivity index (χ1) is 10.6. The zero-order valence-corrected chi connectivity index (χ0v) is 11.3. The number of aromatic nitrogens is 1. The van der Waals surface area contributed by atoms with Crippen LogP contribution in [0.15, 0.2) is 36.4 Å². The topological polar surface area (TPSA) is 36.7 Å². The SMILES string of the molecule is N#CCc1ccc(-c2ccc(C(F)(F)F)cc2)nc1C(F)(F)F. The molecule has 8 heteroatoms. The lowest BCUT2D eigenvalue weighted by atomic mass is 10.0. The Morgan fingerprint density at radius 2 is 1.48 bits per heavy atom. The van der Waals surface area contributed by atoms with Crippen LogP contribution in [0.3, 0.4) is 0 Å². The Kier molecular flexibility index (Phi) is 4.32. The summed E-state index contributed by atoms with van der Waals surface area (Å²) < 4.78 is 76.4. The molecule has 120 valence electrons. The van der Waals surface area contributed by atoms with Crippen LogP contribution in [0.5, 0.6) is 0 Å². The fourth-order valence-electron chi connectivity index (χ4n) is 1.95. The Morgan fingerprint density at radius 1 is 0.870 bits per heavy atom. The van der Waals surface area contributed by atoms with Crippen LogP contribution in [0.25, 0.3) is 11.3 Å². The number of benzene rings is 1. The van der Waals surface area contributed by atoms with E-state index in [0.717, 1.165) is 30.3 Å². The van der Waals surface area contributed by atoms with Crippen molar-refractivity contribution in [2.24, 2.45) is 0 Å². The number of nitrogens with zero attached hydrogens (tertiary/aromatic N) is 2. The summed E-state index contributed by atoms with van der Waals surface area (Å²) in [5.41, 5.74) is -2.40. The number of hydrogen-bond donors (Lipinski definition) is 0. The lowest BCUT2D eigenvalue weighted by Gasteiger charge is -2.12. The van der Waals surface area contributed by atoms with Gasteiger partial charge in [-0.3, -0.25) is 0 Å². The van der Waals surface area contributed by atoms with Crippen LogP contribution >= 0.6 is 0 Å². The molecule has 23 heavy (non-hydrogen) atoms. The monoisotopic (exact) mass is 330 g/mol. The van der Waals surface area contributed by atoms with Crippen LogP contribution in [0.1, 0.15) is 16.8 Å². The van der Waals surface area contributed by atoms with Gasteiger partial charge in [-0.25, -0.2) is 4.98 Å². The van der Waals surface area contributed by atoms with Crippen molar-refractivity contribution in [3.05, 3.63) is 53.2 Å². The van der Waals surface area contributed by atoms with Crippen LogP contribution < -0.4 is 0 Å². The highest BCUT2D eigenvalue weighted by Crippen LogP contribution is 2.34. The Balaban J connectivity index is 2.47. The average molecular weight is 330 g/mol. The summed E-state index contributed by atoms with van der Waals surface area (Å²) in [7, 11) is 0. The predicted octanol–water partition coefficient (Wildman–Crippen LogP) is 4.85. The molecule has 0 saturated heterocycles. The normalized spacial score (nSPS) is 12.0. The molecule has 0 aliphatic heterocycles. The summed E-state index contributed by atoms with van der Waals surface area (Å²) in [6, 6.07) is 7.60. The summed E-state index contributed by atoms with van der Waals surface area (Å²) in [4.78, 5) is 3.47. The number of rotatable bonds is 2. The highest BCUT2D eigenvalue weighted by atomic mass is 19.4. The third-order valence-corrected chi connectivity index (χ3v) is 3.02. The van der Waals surface area contributed by atoms with Gasteiger partial charge in [0.05, 0.1) is 23.7 Å². The first kappa shape index (κ1) is 16.8. The summed E-state index contributed by atoms with van der Waals surface area (Å²) in [6.07, 6.45) is -9.75. The minimum Gasteiger partial charge on any atom is -0.243 e. The van der Waals surface area contributed by atoms with Gasteiger partial charge in [0.15, 0.2) is 0 Å². The van der Waals surface area contributed by atoms with Gasteiger partial charge in [-0.2, -0.15) is 31.6 Å². The Labute approximate surface area is 127 Å². The van der Waals surface area contributed by atoms with Crippen molar-refractivity contribution in [1.29, 1.82) is 5.26 Å². The highest BCUT2D eigenvalue weighted by Gasteiger charge is 2.35. The van der Waals surface area contributed by atoms with E-state index < -0.39 is 30.0 Å². The van der Waals surface area contributed by atoms with Gasteiger partial charge < -0.3 is 0 Å². The van der Waals surface area contributed by atoms with Crippen molar-refractivity contribution in [3.8, 4) is 17.3 Å². The average Bonchev–Trinajstić information content (AvgIpc) is 2.46. The highest BCUT2D eigenvalue weighted by molar-refractivity contribution is 5.60. The van der Waals surface area contributed by atoms with Gasteiger partial charge >= 0.3 is 12.4 Å². The molecule has 1 heterocycles. The van der Waals surface area contributed by atoms with Crippen LogP contribution in [0.2, 0.25) is 0 Å². The molecule has 0 fully saturated rings. The fourth-order valence-corrected chi connectivity index (χ4v) is 1.95. The van der Waals surface area contributed by atoms with Crippen molar-refractivity contribution in [3.63, 3.8) is 0 Å². The Bertz CT molecular complexity index is 739. The van der Waals surface area contributed by atoms with Gasteiger partial charge in [-0.1, -0.05) is 18.2 Å². The largest absolute Gasteiger partial charge is 0.433 e. The number of pyridine rings is 1. The van der Waals surface area contributed by atoms with E-state index in [1.807, 2.05) is 0 Å². The number of halogens is 6. The zero-order chi connectivity index (χ0) is 17.3. The first-order valence-corrected chi connectivity index (χ1v) is 6.24. The Morgan fingerprint density at radius 3 is 1.96 bits per heavy atom. The van der Waals surface area contributed by atoms with E-state index in [0.29, 0.717) is 0 Å². The fraction of sp³-hybridized carbons (Fsp3) is 0.200. The number of nitriles is 1. The molecule has 1 aromatic heterocycles. The molecule has 0 bridgehead atoms. The molecule has 0 saturated carbocycles. The molecule has 0 spiro atoms. The maximum atomic E-state index is 13.0. The molecule has 2 aromatic rings. The molecular weight excluding hydrogens is 322 g/mol. The van der Waals surface area contributed by atoms with E-state index >= 15 is 0 Å². The number of hydrogen-bond acceptors (Lipinski definition) is 2. The molecule has 0 atom stereocenters. The van der Waals surface area contributed by atoms with Crippen LogP contribution in [0, 0.1) is 11.3 Å². The molecule has 0 radical (unpaired) electrons. The van der Waals surface area contributed by atoms with Gasteiger partial charge in [-0.05, 0) is 23.8 Å². The van der Waals surface area contributed by atoms with Gasteiger partial charge in [0.1, 0.15) is 5.69 Å². The lowest BCUT2D eigenvalue weighted by molar-refractivity contribution is -0.141. The molecule has 2 nitrogen and oxygen atoms in total. The van der Waals surface area contributed by atoms with Crippen molar-refractivity contribution >= 4 is 0 Å². The van der Waals surface area contributed by atoms with Crippen molar-refractivity contribution in [2.45, 2.75) is 18.8 Å². The van der Waals surface area contributed by atoms with Crippen molar-refractivity contribution < 1.29 is 26.3 Å². The molecular formula is C15H8F6N2. The second-order valence-corrected chi connectivity index (χ2v) is 4.61. The molecule has 0 unspecified atom stereocenters. The first-order valence-electron chi connectivity index (χ1n) is 6.24. The maximum Gasteiger partial charge on any atom is 0.433 e. The summed E-state index contributed by atoms with van der Waals surface area (Å²) in [5.74, 6) is 0. The third kappa shape index (κ3) is 3.80. The minimum atomic E-state index is -4.76. The van der Waals surface area contributed by atoms with Crippen molar-refractivity contribution in [1.82, 2.24) is 4.98 Å². The summed E-state index contributed by atoms with van der Waals surface area (Å²) in [5, 5.41) is 8.55. The quantitative estimate of drug-likeness (QED) is 0.738. The minimum absolute atomic E-state index is 0.118. The summed E-state index contributed by atoms with van der Waals surface area (Å²) in [6.45, 7) is 0. The molecule has 1 aromatic carbocycles. The standard InChI is InChI=1S/C15H8F6N2/c16-14(17,18)11-4-1-9(2-5-11)12-6-3-10(7-8-22)13(23-12)15(19,20)21/h1-6H,7H2. The van der Waals surface area contributed by atoms with Gasteiger partial charge in [0, 0.05) is 5.56 Å². The Hall–Kier alpha value is -2.56.